The van der Waals surface area contributed by atoms with Crippen LogP contribution in [0.1, 0.15) is 38.5 Å². The quantitative estimate of drug-likeness (QED) is 0.388. The van der Waals surface area contributed by atoms with E-state index in [-0.39, 0.29) is 4.65 Å². The van der Waals surface area contributed by atoms with Gasteiger partial charge in [0.1, 0.15) is 0 Å². The first kappa shape index (κ1) is 7.56. The average molecular weight is 155 g/mol. The Morgan fingerprint density at radius 3 is 1.91 bits per heavy atom. The largest absolute Gasteiger partial charge is 0.633 e. The van der Waals surface area contributed by atoms with Gasteiger partial charge in [0.25, 0.3) is 0 Å². The highest BCUT2D eigenvalue weighted by atomic mass is 16.5. The molecule has 2 nitrogen and oxygen atoms in total. The lowest BCUT2D eigenvalue weighted by Crippen LogP contribution is -2.56. The molecule has 0 aromatic heterocycles. The van der Waals surface area contributed by atoms with E-state index in [1.807, 2.05) is 0 Å². The zero-order valence-electron chi connectivity index (χ0n) is 7.09. The van der Waals surface area contributed by atoms with E-state index in [0.29, 0.717) is 6.04 Å². The Morgan fingerprint density at radius 2 is 1.45 bits per heavy atom. The van der Waals surface area contributed by atoms with Crippen LogP contribution in [0, 0.1) is 5.21 Å². The minimum Gasteiger partial charge on any atom is -0.633 e. The van der Waals surface area contributed by atoms with Gasteiger partial charge in [0, 0.05) is 0 Å². The number of quaternary nitrogens is 1. The van der Waals surface area contributed by atoms with Crippen molar-refractivity contribution in [3.05, 3.63) is 5.21 Å². The van der Waals surface area contributed by atoms with Gasteiger partial charge in [-0.25, -0.2) is 0 Å². The predicted octanol–water partition coefficient (Wildman–Crippen LogP) is 2.04. The maximum Gasteiger partial charge on any atom is 0.0887 e. The predicted molar refractivity (Wildman–Crippen MR) is 44.9 cm³/mol. The summed E-state index contributed by atoms with van der Waals surface area (Å²) in [6, 6.07) is 0.484. The van der Waals surface area contributed by atoms with Crippen molar-refractivity contribution in [1.29, 1.82) is 0 Å². The van der Waals surface area contributed by atoms with E-state index in [4.69, 9.17) is 0 Å². The van der Waals surface area contributed by atoms with Crippen LogP contribution in [0.3, 0.4) is 0 Å². The fourth-order valence-corrected chi connectivity index (χ4v) is 2.61. The molecule has 0 N–H and O–H groups in total. The molecule has 0 spiro atoms. The molecule has 2 heteroatoms. The molecule has 0 unspecified atom stereocenters. The van der Waals surface area contributed by atoms with E-state index in [1.165, 1.54) is 38.5 Å². The lowest BCUT2D eigenvalue weighted by atomic mass is 9.92. The van der Waals surface area contributed by atoms with Crippen molar-refractivity contribution in [3.8, 4) is 0 Å². The Balaban J connectivity index is 2.06. The molecule has 0 aliphatic carbocycles. The summed E-state index contributed by atoms with van der Waals surface area (Å²) in [5, 5.41) is 12.0. The molecule has 0 atom stereocenters. The number of fused-ring (bicyclic) bond motifs is 1. The molecule has 2 fully saturated rings. The topological polar surface area (TPSA) is 23.1 Å². The van der Waals surface area contributed by atoms with E-state index in [0.717, 1.165) is 13.1 Å². The third kappa shape index (κ3) is 1.30. The molecule has 0 aromatic carbocycles. The summed E-state index contributed by atoms with van der Waals surface area (Å²) in [5.74, 6) is 0. The van der Waals surface area contributed by atoms with E-state index in [9.17, 15) is 5.21 Å². The van der Waals surface area contributed by atoms with Crippen molar-refractivity contribution in [2.45, 2.75) is 44.6 Å². The highest BCUT2D eigenvalue weighted by Gasteiger charge is 2.33. The number of hydrogen-bond acceptors (Lipinski definition) is 1. The molecule has 0 radical (unpaired) electrons. The minimum atomic E-state index is 0.167. The smallest absolute Gasteiger partial charge is 0.0887 e. The summed E-state index contributed by atoms with van der Waals surface area (Å²) < 4.78 is 0.167. The summed E-state index contributed by atoms with van der Waals surface area (Å²) >= 11 is 0. The Labute approximate surface area is 68.4 Å². The molecule has 11 heavy (non-hydrogen) atoms. The second-order valence-corrected chi connectivity index (χ2v) is 4.04. The van der Waals surface area contributed by atoms with Crippen molar-refractivity contribution >= 4 is 0 Å². The standard InChI is InChI=1S/C9H17NO/c11-10-7-3-1-5-9(10)6-2-4-8-10/h9H,1-8H2. The van der Waals surface area contributed by atoms with Gasteiger partial charge in [-0.15, -0.1) is 0 Å². The van der Waals surface area contributed by atoms with Crippen molar-refractivity contribution in [3.63, 3.8) is 0 Å². The van der Waals surface area contributed by atoms with Gasteiger partial charge in [-0.05, 0) is 38.5 Å². The van der Waals surface area contributed by atoms with Crippen LogP contribution in [0.25, 0.3) is 0 Å². The fraction of sp³-hybridized carbons (Fsp3) is 1.00. The van der Waals surface area contributed by atoms with Crippen LogP contribution in [0.15, 0.2) is 0 Å². The second kappa shape index (κ2) is 2.76. The zero-order valence-corrected chi connectivity index (χ0v) is 7.09. The highest BCUT2D eigenvalue weighted by molar-refractivity contribution is 4.71. The van der Waals surface area contributed by atoms with Gasteiger partial charge in [-0.1, -0.05) is 0 Å². The van der Waals surface area contributed by atoms with E-state index < -0.39 is 0 Å². The van der Waals surface area contributed by atoms with Crippen LogP contribution in [-0.2, 0) is 0 Å². The molecule has 0 aromatic rings. The van der Waals surface area contributed by atoms with Crippen LogP contribution in [0.4, 0.5) is 0 Å². The van der Waals surface area contributed by atoms with Gasteiger partial charge in [-0.2, -0.15) is 0 Å². The van der Waals surface area contributed by atoms with Gasteiger partial charge in [0.2, 0.25) is 0 Å². The molecule has 2 aliphatic heterocycles. The number of rotatable bonds is 0. The number of piperidine rings is 2. The molecule has 0 amide bonds. The molecule has 2 saturated heterocycles. The summed E-state index contributed by atoms with van der Waals surface area (Å²) in [6.45, 7) is 1.81. The monoisotopic (exact) mass is 155 g/mol. The Bertz CT molecular complexity index is 134. The number of nitrogens with zero attached hydrogens (tertiary/aromatic N) is 1. The maximum atomic E-state index is 12.0. The molecule has 2 rings (SSSR count). The van der Waals surface area contributed by atoms with Gasteiger partial charge in [-0.3, -0.25) is 0 Å². The molecule has 0 saturated carbocycles. The van der Waals surface area contributed by atoms with Crippen LogP contribution < -0.4 is 0 Å². The first-order chi connectivity index (χ1) is 5.31. The summed E-state index contributed by atoms with van der Waals surface area (Å²) in [7, 11) is 0. The number of hydrogen-bond donors (Lipinski definition) is 0. The Morgan fingerprint density at radius 1 is 0.909 bits per heavy atom. The fourth-order valence-electron chi connectivity index (χ4n) is 2.61. The van der Waals surface area contributed by atoms with Gasteiger partial charge in [0.15, 0.2) is 0 Å². The van der Waals surface area contributed by atoms with Crippen molar-refractivity contribution < 1.29 is 4.65 Å². The van der Waals surface area contributed by atoms with Crippen LogP contribution in [-0.4, -0.2) is 23.8 Å². The summed E-state index contributed by atoms with van der Waals surface area (Å²) in [6.07, 6.45) is 7.33. The van der Waals surface area contributed by atoms with Crippen LogP contribution in [0.5, 0.6) is 0 Å². The second-order valence-electron chi connectivity index (χ2n) is 4.04. The van der Waals surface area contributed by atoms with Crippen LogP contribution >= 0.6 is 0 Å². The lowest BCUT2D eigenvalue weighted by molar-refractivity contribution is -0.915. The zero-order chi connectivity index (χ0) is 7.73. The molecular weight excluding hydrogens is 138 g/mol. The SMILES string of the molecule is [O-][N+]12CCCCC1CCCC2. The minimum absolute atomic E-state index is 0.167. The summed E-state index contributed by atoms with van der Waals surface area (Å²) in [5.41, 5.74) is 0. The van der Waals surface area contributed by atoms with Crippen molar-refractivity contribution in [2.75, 3.05) is 13.1 Å². The Kier molecular flexibility index (Phi) is 1.90. The summed E-state index contributed by atoms with van der Waals surface area (Å²) in [4.78, 5) is 0. The van der Waals surface area contributed by atoms with E-state index in [2.05, 4.69) is 0 Å². The van der Waals surface area contributed by atoms with Gasteiger partial charge >= 0.3 is 0 Å². The number of hydroxylamine groups is 3. The first-order valence-electron chi connectivity index (χ1n) is 4.89. The van der Waals surface area contributed by atoms with Crippen molar-refractivity contribution in [2.24, 2.45) is 0 Å². The molecule has 64 valence electrons. The third-order valence-electron chi connectivity index (χ3n) is 3.31. The first-order valence-corrected chi connectivity index (χ1v) is 4.89. The highest BCUT2D eigenvalue weighted by Crippen LogP contribution is 2.32. The van der Waals surface area contributed by atoms with Gasteiger partial charge < -0.3 is 9.85 Å². The van der Waals surface area contributed by atoms with E-state index >= 15 is 0 Å². The Hall–Kier alpha value is -0.0800. The molecule has 2 aliphatic rings. The van der Waals surface area contributed by atoms with Crippen molar-refractivity contribution in [1.82, 2.24) is 0 Å². The van der Waals surface area contributed by atoms with Gasteiger partial charge in [0.05, 0.1) is 19.1 Å². The molecular formula is C9H17NO. The molecule has 0 bridgehead atoms. The third-order valence-corrected chi connectivity index (χ3v) is 3.31. The average Bonchev–Trinajstić information content (AvgIpc) is 2.03. The maximum absolute atomic E-state index is 12.0. The normalized spacial score (nSPS) is 45.0. The lowest BCUT2D eigenvalue weighted by Gasteiger charge is -2.54. The van der Waals surface area contributed by atoms with Crippen LogP contribution in [0.2, 0.25) is 0 Å². The van der Waals surface area contributed by atoms with E-state index in [1.54, 1.807) is 0 Å². The molecule has 2 heterocycles.